The first-order chi connectivity index (χ1) is 8.06. The van der Waals surface area contributed by atoms with Gasteiger partial charge in [0.25, 0.3) is 5.91 Å². The average molecular weight is 407 g/mol. The number of nitrogens with one attached hydrogen (secondary N) is 2. The Morgan fingerprint density at radius 1 is 1.53 bits per heavy atom. The van der Waals surface area contributed by atoms with Gasteiger partial charge < -0.3 is 0 Å². The van der Waals surface area contributed by atoms with Gasteiger partial charge >= 0.3 is 0 Å². The number of aromatic nitrogens is 3. The summed E-state index contributed by atoms with van der Waals surface area (Å²) in [6.07, 6.45) is 0. The number of rotatable bonds is 2. The number of aryl methyl sites for hydroxylation is 1. The summed E-state index contributed by atoms with van der Waals surface area (Å²) in [5.74, 6) is 0.690. The Morgan fingerprint density at radius 3 is 2.94 bits per heavy atom. The average Bonchev–Trinajstić information content (AvgIpc) is 2.67. The number of halogens is 2. The molecule has 2 rings (SSSR count). The van der Waals surface area contributed by atoms with E-state index in [0.717, 1.165) is 8.04 Å². The molecule has 7 heteroatoms. The van der Waals surface area contributed by atoms with Crippen molar-refractivity contribution in [1.29, 1.82) is 0 Å². The lowest BCUT2D eigenvalue weighted by molar-refractivity contribution is 0.102. The van der Waals surface area contributed by atoms with Crippen LogP contribution in [0.2, 0.25) is 0 Å². The summed E-state index contributed by atoms with van der Waals surface area (Å²) in [6.45, 7) is 1.77. The number of benzene rings is 1. The summed E-state index contributed by atoms with van der Waals surface area (Å²) >= 11 is 5.49. The number of anilines is 1. The monoisotopic (exact) mass is 406 g/mol. The number of hydrogen-bond donors (Lipinski definition) is 2. The van der Waals surface area contributed by atoms with Crippen LogP contribution >= 0.6 is 38.5 Å². The second-order valence-corrected chi connectivity index (χ2v) is 5.42. The third-order valence-electron chi connectivity index (χ3n) is 2.00. The van der Waals surface area contributed by atoms with E-state index in [2.05, 4.69) is 59.0 Å². The number of carbonyl (C=O) groups is 1. The summed E-state index contributed by atoms with van der Waals surface area (Å²) in [4.78, 5) is 16.0. The highest BCUT2D eigenvalue weighted by Gasteiger charge is 2.12. The van der Waals surface area contributed by atoms with E-state index in [-0.39, 0.29) is 11.9 Å². The molecule has 0 radical (unpaired) electrons. The van der Waals surface area contributed by atoms with Crippen molar-refractivity contribution in [3.05, 3.63) is 37.6 Å². The molecule has 2 aromatic rings. The smallest absolute Gasteiger partial charge is 0.259 e. The first-order valence-electron chi connectivity index (χ1n) is 4.71. The van der Waals surface area contributed by atoms with Crippen LogP contribution in [0.25, 0.3) is 0 Å². The van der Waals surface area contributed by atoms with Gasteiger partial charge in [-0.3, -0.25) is 15.2 Å². The highest BCUT2D eigenvalue weighted by molar-refractivity contribution is 14.1. The van der Waals surface area contributed by atoms with Gasteiger partial charge in [-0.1, -0.05) is 0 Å². The molecule has 0 aliphatic carbocycles. The fourth-order valence-electron chi connectivity index (χ4n) is 1.24. The number of aromatic amines is 1. The first-order valence-corrected chi connectivity index (χ1v) is 6.59. The predicted octanol–water partition coefficient (Wildman–Crippen LogP) is 2.73. The second-order valence-electron chi connectivity index (χ2n) is 3.32. The Balaban J connectivity index is 2.22. The van der Waals surface area contributed by atoms with Crippen LogP contribution < -0.4 is 5.32 Å². The minimum absolute atomic E-state index is 0.241. The molecule has 88 valence electrons. The lowest BCUT2D eigenvalue weighted by atomic mass is 10.2. The summed E-state index contributed by atoms with van der Waals surface area (Å²) in [6, 6.07) is 5.54. The Bertz CT molecular complexity index is 569. The Morgan fingerprint density at radius 2 is 2.29 bits per heavy atom. The van der Waals surface area contributed by atoms with E-state index in [1.54, 1.807) is 13.0 Å². The molecule has 0 saturated carbocycles. The zero-order chi connectivity index (χ0) is 12.4. The summed E-state index contributed by atoms with van der Waals surface area (Å²) in [5.41, 5.74) is 0.555. The summed E-state index contributed by atoms with van der Waals surface area (Å²) in [7, 11) is 0. The highest BCUT2D eigenvalue weighted by atomic mass is 127. The van der Waals surface area contributed by atoms with Crippen LogP contribution in [0.5, 0.6) is 0 Å². The Kier molecular flexibility index (Phi) is 3.77. The van der Waals surface area contributed by atoms with Crippen molar-refractivity contribution in [1.82, 2.24) is 15.2 Å². The number of hydrogen-bond acceptors (Lipinski definition) is 3. The molecule has 0 spiro atoms. The third-order valence-corrected chi connectivity index (χ3v) is 3.36. The van der Waals surface area contributed by atoms with Gasteiger partial charge in [0.05, 0.1) is 5.56 Å². The van der Waals surface area contributed by atoms with Crippen molar-refractivity contribution in [2.24, 2.45) is 0 Å². The molecule has 0 aliphatic heterocycles. The van der Waals surface area contributed by atoms with Crippen LogP contribution in [-0.4, -0.2) is 21.1 Å². The molecule has 5 nitrogen and oxygen atoms in total. The van der Waals surface area contributed by atoms with Crippen LogP contribution in [-0.2, 0) is 0 Å². The van der Waals surface area contributed by atoms with Gasteiger partial charge in [-0.25, -0.2) is 0 Å². The van der Waals surface area contributed by atoms with Gasteiger partial charge in [-0.2, -0.15) is 4.98 Å². The predicted molar refractivity (Wildman–Crippen MR) is 75.9 cm³/mol. The quantitative estimate of drug-likeness (QED) is 0.753. The molecular formula is C10H8BrIN4O. The zero-order valence-corrected chi connectivity index (χ0v) is 12.5. The van der Waals surface area contributed by atoms with Crippen molar-refractivity contribution in [2.75, 3.05) is 5.32 Å². The van der Waals surface area contributed by atoms with Crippen LogP contribution in [0.3, 0.4) is 0 Å². The van der Waals surface area contributed by atoms with E-state index in [0.29, 0.717) is 11.4 Å². The number of amides is 1. The van der Waals surface area contributed by atoms with Gasteiger partial charge in [-0.05, 0) is 63.6 Å². The van der Waals surface area contributed by atoms with E-state index in [9.17, 15) is 4.79 Å². The maximum atomic E-state index is 12.0. The van der Waals surface area contributed by atoms with Gasteiger partial charge in [0.15, 0.2) is 0 Å². The molecule has 0 fully saturated rings. The van der Waals surface area contributed by atoms with Crippen molar-refractivity contribution in [3.8, 4) is 0 Å². The molecule has 0 unspecified atom stereocenters. The van der Waals surface area contributed by atoms with E-state index in [1.807, 2.05) is 12.1 Å². The standard InChI is InChI=1S/C10H8BrIN4O/c1-5-13-10(16-15-5)14-9(17)7-4-6(12)2-3-8(7)11/h2-4H,1H3,(H2,13,14,15,16,17). The summed E-state index contributed by atoms with van der Waals surface area (Å²) in [5, 5.41) is 9.13. The molecule has 0 aliphatic rings. The Hall–Kier alpha value is -0.960. The number of H-pyrrole nitrogens is 1. The van der Waals surface area contributed by atoms with Crippen LogP contribution in [0, 0.1) is 10.5 Å². The molecule has 1 heterocycles. The Labute approximate surface area is 120 Å². The minimum Gasteiger partial charge on any atom is -0.289 e. The molecule has 1 aromatic heterocycles. The van der Waals surface area contributed by atoms with Gasteiger partial charge in [0.1, 0.15) is 5.82 Å². The third kappa shape index (κ3) is 3.03. The van der Waals surface area contributed by atoms with Gasteiger partial charge in [0, 0.05) is 8.04 Å². The second kappa shape index (κ2) is 5.13. The molecule has 2 N–H and O–H groups in total. The van der Waals surface area contributed by atoms with E-state index in [1.165, 1.54) is 0 Å². The molecule has 17 heavy (non-hydrogen) atoms. The van der Waals surface area contributed by atoms with Gasteiger partial charge in [-0.15, -0.1) is 5.10 Å². The molecular weight excluding hydrogens is 399 g/mol. The zero-order valence-electron chi connectivity index (χ0n) is 8.79. The van der Waals surface area contributed by atoms with E-state index >= 15 is 0 Å². The van der Waals surface area contributed by atoms with Crippen LogP contribution in [0.15, 0.2) is 22.7 Å². The highest BCUT2D eigenvalue weighted by Crippen LogP contribution is 2.20. The number of nitrogens with zero attached hydrogens (tertiary/aromatic N) is 2. The minimum atomic E-state index is -0.241. The maximum absolute atomic E-state index is 12.0. The topological polar surface area (TPSA) is 70.7 Å². The largest absolute Gasteiger partial charge is 0.289 e. The molecule has 0 bridgehead atoms. The first kappa shape index (κ1) is 12.5. The van der Waals surface area contributed by atoms with Crippen LogP contribution in [0.1, 0.15) is 16.2 Å². The van der Waals surface area contributed by atoms with E-state index < -0.39 is 0 Å². The number of carbonyl (C=O) groups excluding carboxylic acids is 1. The molecule has 1 amide bonds. The SMILES string of the molecule is Cc1nc(NC(=O)c2cc(I)ccc2Br)n[nH]1. The lowest BCUT2D eigenvalue weighted by Gasteiger charge is -2.04. The van der Waals surface area contributed by atoms with Gasteiger partial charge in [0.2, 0.25) is 5.95 Å². The normalized spacial score (nSPS) is 10.3. The van der Waals surface area contributed by atoms with Crippen molar-refractivity contribution < 1.29 is 4.79 Å². The summed E-state index contributed by atoms with van der Waals surface area (Å²) < 4.78 is 1.73. The maximum Gasteiger partial charge on any atom is 0.259 e. The van der Waals surface area contributed by atoms with E-state index in [4.69, 9.17) is 0 Å². The van der Waals surface area contributed by atoms with Crippen molar-refractivity contribution in [2.45, 2.75) is 6.92 Å². The fourth-order valence-corrected chi connectivity index (χ4v) is 2.16. The lowest BCUT2D eigenvalue weighted by Crippen LogP contribution is -2.13. The molecule has 1 aromatic carbocycles. The fraction of sp³-hybridized carbons (Fsp3) is 0.100. The molecule has 0 atom stereocenters. The van der Waals surface area contributed by atoms with Crippen molar-refractivity contribution in [3.63, 3.8) is 0 Å². The van der Waals surface area contributed by atoms with Crippen LogP contribution in [0.4, 0.5) is 5.95 Å². The molecule has 0 saturated heterocycles. The van der Waals surface area contributed by atoms with Crippen molar-refractivity contribution >= 4 is 50.4 Å².